The molecule has 90 valence electrons. The smallest absolute Gasteiger partial charge is 0.214 e. The second-order valence-electron chi connectivity index (χ2n) is 3.07. The van der Waals surface area contributed by atoms with Crippen LogP contribution in [0.4, 0.5) is 3.89 Å². The van der Waals surface area contributed by atoms with E-state index in [1.165, 1.54) is 14.0 Å². The van der Waals surface area contributed by atoms with Crippen LogP contribution in [0.2, 0.25) is 0 Å². The fourth-order valence-electron chi connectivity index (χ4n) is 1.19. The van der Waals surface area contributed by atoms with Gasteiger partial charge in [0.15, 0.2) is 0 Å². The van der Waals surface area contributed by atoms with Gasteiger partial charge in [-0.1, -0.05) is 0 Å². The number of aryl methyl sites for hydroxylation is 1. The molecular weight excluding hydrogens is 257 g/mol. The topological polar surface area (TPSA) is 80.3 Å². The number of benzene rings is 1. The Hall–Kier alpha value is -0.990. The molecule has 0 unspecified atom stereocenters. The van der Waals surface area contributed by atoms with E-state index in [1.807, 2.05) is 0 Å². The van der Waals surface area contributed by atoms with Crippen LogP contribution in [0.1, 0.15) is 5.56 Å². The number of halogens is 1. The third-order valence-electron chi connectivity index (χ3n) is 1.99. The van der Waals surface area contributed by atoms with Gasteiger partial charge in [0.1, 0.15) is 0 Å². The predicted molar refractivity (Wildman–Crippen MR) is 55.7 cm³/mol. The molecule has 0 atom stereocenters. The Labute approximate surface area is 93.6 Å². The largest absolute Gasteiger partial charge is 0.332 e. The minimum atomic E-state index is -4.81. The van der Waals surface area contributed by atoms with Gasteiger partial charge in [-0.2, -0.15) is 8.42 Å². The van der Waals surface area contributed by atoms with E-state index in [9.17, 15) is 20.7 Å². The number of sulfonamides is 1. The first kappa shape index (κ1) is 13.1. The van der Waals surface area contributed by atoms with Crippen molar-refractivity contribution in [3.05, 3.63) is 23.8 Å². The van der Waals surface area contributed by atoms with Crippen LogP contribution >= 0.6 is 0 Å². The van der Waals surface area contributed by atoms with Crippen LogP contribution in [0.3, 0.4) is 0 Å². The summed E-state index contributed by atoms with van der Waals surface area (Å²) < 4.78 is 58.7. The van der Waals surface area contributed by atoms with Gasteiger partial charge in [-0.25, -0.2) is 13.1 Å². The molecule has 0 heterocycles. The first-order chi connectivity index (χ1) is 7.18. The van der Waals surface area contributed by atoms with E-state index in [1.54, 1.807) is 0 Å². The van der Waals surface area contributed by atoms with Crippen molar-refractivity contribution < 1.29 is 20.7 Å². The summed E-state index contributed by atoms with van der Waals surface area (Å²) in [6.45, 7) is 1.39. The van der Waals surface area contributed by atoms with E-state index < -0.39 is 25.1 Å². The number of hydrogen-bond donors (Lipinski definition) is 1. The third-order valence-corrected chi connectivity index (χ3v) is 4.38. The molecule has 0 aliphatic rings. The quantitative estimate of drug-likeness (QED) is 0.811. The first-order valence-corrected chi connectivity index (χ1v) is 7.04. The minimum Gasteiger partial charge on any atom is -0.214 e. The molecule has 0 spiro atoms. The van der Waals surface area contributed by atoms with E-state index in [2.05, 4.69) is 4.72 Å². The molecule has 0 amide bonds. The van der Waals surface area contributed by atoms with Gasteiger partial charge in [0, 0.05) is 0 Å². The Balaban J connectivity index is 3.43. The summed E-state index contributed by atoms with van der Waals surface area (Å²) in [5, 5.41) is 0. The van der Waals surface area contributed by atoms with Crippen LogP contribution in [-0.4, -0.2) is 23.9 Å². The Morgan fingerprint density at radius 2 is 1.75 bits per heavy atom. The maximum Gasteiger partial charge on any atom is 0.332 e. The average molecular weight is 267 g/mol. The molecule has 0 aromatic heterocycles. The summed E-state index contributed by atoms with van der Waals surface area (Å²) in [4.78, 5) is -0.637. The van der Waals surface area contributed by atoms with Crippen LogP contribution in [0.25, 0.3) is 0 Å². The highest BCUT2D eigenvalue weighted by molar-refractivity contribution is 7.89. The predicted octanol–water partition coefficient (Wildman–Crippen LogP) is 0.561. The van der Waals surface area contributed by atoms with Gasteiger partial charge >= 0.3 is 10.2 Å². The van der Waals surface area contributed by atoms with Gasteiger partial charge in [0.25, 0.3) is 0 Å². The monoisotopic (exact) mass is 267 g/mol. The molecule has 0 fully saturated rings. The van der Waals surface area contributed by atoms with Crippen LogP contribution in [0, 0.1) is 6.92 Å². The summed E-state index contributed by atoms with van der Waals surface area (Å²) >= 11 is 0. The molecule has 0 bridgehead atoms. The molecular formula is C8H10FNO4S2. The molecule has 8 heteroatoms. The highest BCUT2D eigenvalue weighted by atomic mass is 32.3. The highest BCUT2D eigenvalue weighted by Gasteiger charge is 2.18. The summed E-state index contributed by atoms with van der Waals surface area (Å²) in [6.07, 6.45) is 0. The van der Waals surface area contributed by atoms with Crippen LogP contribution in [0.15, 0.2) is 28.0 Å². The van der Waals surface area contributed by atoms with Crippen molar-refractivity contribution in [2.75, 3.05) is 7.05 Å². The molecule has 1 aromatic rings. The van der Waals surface area contributed by atoms with Crippen molar-refractivity contribution in [1.29, 1.82) is 0 Å². The summed E-state index contributed by atoms with van der Waals surface area (Å²) in [5.74, 6) is 0. The Morgan fingerprint density at radius 1 is 1.19 bits per heavy atom. The molecule has 0 aliphatic carbocycles. The molecule has 1 aromatic carbocycles. The number of hydrogen-bond acceptors (Lipinski definition) is 4. The molecule has 0 aliphatic heterocycles. The van der Waals surface area contributed by atoms with Crippen molar-refractivity contribution >= 4 is 20.2 Å². The summed E-state index contributed by atoms with van der Waals surface area (Å²) in [6, 6.07) is 2.93. The van der Waals surface area contributed by atoms with Gasteiger partial charge in [-0.05, 0) is 37.7 Å². The highest BCUT2D eigenvalue weighted by Crippen LogP contribution is 2.20. The van der Waals surface area contributed by atoms with Crippen molar-refractivity contribution in [3.8, 4) is 0 Å². The SMILES string of the molecule is CNS(=O)(=O)c1ccc(S(=O)(=O)F)cc1C. The van der Waals surface area contributed by atoms with Gasteiger partial charge in [0.2, 0.25) is 10.0 Å². The maximum absolute atomic E-state index is 12.6. The fourth-order valence-corrected chi connectivity index (χ4v) is 2.68. The minimum absolute atomic E-state index is 0.0811. The Kier molecular flexibility index (Phi) is 3.36. The lowest BCUT2D eigenvalue weighted by Crippen LogP contribution is -2.19. The van der Waals surface area contributed by atoms with Gasteiger partial charge < -0.3 is 0 Å². The standard InChI is InChI=1S/C8H10FNO4S2/c1-6-5-7(15(9,11)12)3-4-8(6)16(13,14)10-2/h3-5,10H,1-2H3. The fraction of sp³-hybridized carbons (Fsp3) is 0.250. The lowest BCUT2D eigenvalue weighted by atomic mass is 10.2. The number of rotatable bonds is 3. The lowest BCUT2D eigenvalue weighted by molar-refractivity contribution is 0.551. The molecule has 0 radical (unpaired) electrons. The molecule has 1 N–H and O–H groups in total. The van der Waals surface area contributed by atoms with Crippen LogP contribution in [-0.2, 0) is 20.2 Å². The average Bonchev–Trinajstić information content (AvgIpc) is 2.16. The second-order valence-corrected chi connectivity index (χ2v) is 6.27. The van der Waals surface area contributed by atoms with Gasteiger partial charge in [0.05, 0.1) is 9.79 Å². The van der Waals surface area contributed by atoms with E-state index in [0.717, 1.165) is 18.2 Å². The van der Waals surface area contributed by atoms with Crippen molar-refractivity contribution in [2.24, 2.45) is 0 Å². The van der Waals surface area contributed by atoms with Crippen LogP contribution < -0.4 is 4.72 Å². The Bertz CT molecular complexity index is 607. The third kappa shape index (κ3) is 2.57. The zero-order valence-corrected chi connectivity index (χ0v) is 10.2. The van der Waals surface area contributed by atoms with Crippen LogP contribution in [0.5, 0.6) is 0 Å². The van der Waals surface area contributed by atoms with Crippen molar-refractivity contribution in [2.45, 2.75) is 16.7 Å². The molecule has 0 saturated carbocycles. The van der Waals surface area contributed by atoms with E-state index >= 15 is 0 Å². The first-order valence-electron chi connectivity index (χ1n) is 4.17. The van der Waals surface area contributed by atoms with E-state index in [-0.39, 0.29) is 10.5 Å². The lowest BCUT2D eigenvalue weighted by Gasteiger charge is -2.06. The maximum atomic E-state index is 12.6. The Morgan fingerprint density at radius 3 is 2.12 bits per heavy atom. The summed E-state index contributed by atoms with van der Waals surface area (Å²) in [7, 11) is -7.24. The normalized spacial score (nSPS) is 12.7. The molecule has 1 rings (SSSR count). The zero-order chi connectivity index (χ0) is 12.6. The van der Waals surface area contributed by atoms with Crippen molar-refractivity contribution in [1.82, 2.24) is 4.72 Å². The summed E-state index contributed by atoms with van der Waals surface area (Å²) in [5.41, 5.74) is 0.160. The molecule has 5 nitrogen and oxygen atoms in total. The zero-order valence-electron chi connectivity index (χ0n) is 8.56. The second kappa shape index (κ2) is 4.11. The number of nitrogens with one attached hydrogen (secondary N) is 1. The van der Waals surface area contributed by atoms with Gasteiger partial charge in [-0.3, -0.25) is 0 Å². The van der Waals surface area contributed by atoms with Crippen molar-refractivity contribution in [3.63, 3.8) is 0 Å². The van der Waals surface area contributed by atoms with E-state index in [0.29, 0.717) is 0 Å². The van der Waals surface area contributed by atoms with Gasteiger partial charge in [-0.15, -0.1) is 3.89 Å². The molecule has 16 heavy (non-hydrogen) atoms. The molecule has 0 saturated heterocycles. The van der Waals surface area contributed by atoms with E-state index in [4.69, 9.17) is 0 Å².